The molecule has 16 heavy (non-hydrogen) atoms. The summed E-state index contributed by atoms with van der Waals surface area (Å²) in [6.45, 7) is 2.16. The zero-order valence-corrected chi connectivity index (χ0v) is 9.19. The molecule has 7 nitrogen and oxygen atoms in total. The van der Waals surface area contributed by atoms with Gasteiger partial charge in [-0.15, -0.1) is 0 Å². The lowest BCUT2D eigenvalue weighted by Gasteiger charge is -2.06. The molecule has 0 bridgehead atoms. The van der Waals surface area contributed by atoms with Crippen molar-refractivity contribution in [2.45, 2.75) is 26.7 Å². The van der Waals surface area contributed by atoms with Crippen LogP contribution in [0.4, 0.5) is 4.79 Å². The molecule has 7 heteroatoms. The first kappa shape index (κ1) is 14.2. The first-order chi connectivity index (χ1) is 7.60. The maximum atomic E-state index is 10.8. The van der Waals surface area contributed by atoms with Crippen LogP contribution in [0, 0.1) is 0 Å². The molecule has 0 aromatic carbocycles. The Bertz CT molecular complexity index is 224. The molecule has 92 valence electrons. The molecule has 0 aliphatic heterocycles. The highest BCUT2D eigenvalue weighted by Gasteiger charge is 2.06. The van der Waals surface area contributed by atoms with E-state index in [0.29, 0.717) is 0 Å². The van der Waals surface area contributed by atoms with Gasteiger partial charge in [0.1, 0.15) is 0 Å². The van der Waals surface area contributed by atoms with Crippen LogP contribution in [-0.4, -0.2) is 31.7 Å². The third-order valence-corrected chi connectivity index (χ3v) is 1.37. The Morgan fingerprint density at radius 2 is 1.12 bits per heavy atom. The zero-order chi connectivity index (χ0) is 12.4. The predicted molar refractivity (Wildman–Crippen MR) is 50.1 cm³/mol. The fourth-order valence-electron chi connectivity index (χ4n) is 0.532. The van der Waals surface area contributed by atoms with E-state index in [1.54, 1.807) is 13.8 Å². The minimum Gasteiger partial charge on any atom is -0.428 e. The van der Waals surface area contributed by atoms with Gasteiger partial charge in [0.05, 0.1) is 0 Å². The van der Waals surface area contributed by atoms with E-state index in [0.717, 1.165) is 0 Å². The average Bonchev–Trinajstić information content (AvgIpc) is 2.28. The SMILES string of the molecule is CCC(=O)OCOC(=O)OCOC(=O)CC. The molecule has 0 heterocycles. The van der Waals surface area contributed by atoms with Gasteiger partial charge in [0.2, 0.25) is 13.6 Å². The summed E-state index contributed by atoms with van der Waals surface area (Å²) in [7, 11) is 0. The first-order valence-electron chi connectivity index (χ1n) is 4.70. The smallest absolute Gasteiger partial charge is 0.428 e. The average molecular weight is 234 g/mol. The third-order valence-electron chi connectivity index (χ3n) is 1.37. The van der Waals surface area contributed by atoms with Gasteiger partial charge in [-0.1, -0.05) is 13.8 Å². The van der Waals surface area contributed by atoms with Crippen molar-refractivity contribution in [3.05, 3.63) is 0 Å². The van der Waals surface area contributed by atoms with Crippen LogP contribution in [0.3, 0.4) is 0 Å². The highest BCUT2D eigenvalue weighted by atomic mass is 16.8. The lowest BCUT2D eigenvalue weighted by Crippen LogP contribution is -2.16. The molecule has 0 aromatic rings. The minimum absolute atomic E-state index is 0.187. The second kappa shape index (κ2) is 8.51. The molecular weight excluding hydrogens is 220 g/mol. The Morgan fingerprint density at radius 1 is 0.750 bits per heavy atom. The summed E-state index contributed by atoms with van der Waals surface area (Å²) in [5.41, 5.74) is 0. The van der Waals surface area contributed by atoms with E-state index in [9.17, 15) is 14.4 Å². The van der Waals surface area contributed by atoms with Gasteiger partial charge in [-0.25, -0.2) is 4.79 Å². The number of carbonyl (C=O) groups is 3. The molecule has 0 spiro atoms. The van der Waals surface area contributed by atoms with E-state index in [1.165, 1.54) is 0 Å². The molecule has 0 atom stereocenters. The molecule has 0 saturated carbocycles. The maximum Gasteiger partial charge on any atom is 0.514 e. The predicted octanol–water partition coefficient (Wildman–Crippen LogP) is 0.961. The van der Waals surface area contributed by atoms with Gasteiger partial charge in [-0.05, 0) is 0 Å². The van der Waals surface area contributed by atoms with Crippen LogP contribution in [0.1, 0.15) is 26.7 Å². The van der Waals surface area contributed by atoms with Crippen molar-refractivity contribution in [1.82, 2.24) is 0 Å². The molecule has 0 radical (unpaired) electrons. The van der Waals surface area contributed by atoms with Crippen LogP contribution in [0.5, 0.6) is 0 Å². The molecular formula is C9H14O7. The third kappa shape index (κ3) is 7.60. The van der Waals surface area contributed by atoms with E-state index in [4.69, 9.17) is 0 Å². The summed E-state index contributed by atoms with van der Waals surface area (Å²) in [5.74, 6) is -0.990. The van der Waals surface area contributed by atoms with Crippen LogP contribution >= 0.6 is 0 Å². The van der Waals surface area contributed by atoms with Gasteiger partial charge in [-0.3, -0.25) is 9.59 Å². The van der Waals surface area contributed by atoms with Crippen LogP contribution in [0.2, 0.25) is 0 Å². The highest BCUT2D eigenvalue weighted by Crippen LogP contribution is 1.91. The van der Waals surface area contributed by atoms with E-state index < -0.39 is 31.7 Å². The Labute approximate surface area is 92.6 Å². The summed E-state index contributed by atoms with van der Waals surface area (Å²) < 4.78 is 17.6. The Morgan fingerprint density at radius 3 is 1.44 bits per heavy atom. The van der Waals surface area contributed by atoms with E-state index >= 15 is 0 Å². The lowest BCUT2D eigenvalue weighted by molar-refractivity contribution is -0.157. The first-order valence-corrected chi connectivity index (χ1v) is 4.70. The Hall–Kier alpha value is -1.79. The number of ether oxygens (including phenoxy) is 4. The minimum atomic E-state index is -1.08. The second-order valence-electron chi connectivity index (χ2n) is 2.51. The topological polar surface area (TPSA) is 88.1 Å². The Balaban J connectivity index is 3.45. The van der Waals surface area contributed by atoms with E-state index in [2.05, 4.69) is 18.9 Å². The van der Waals surface area contributed by atoms with Gasteiger partial charge in [-0.2, -0.15) is 0 Å². The van der Waals surface area contributed by atoms with Crippen molar-refractivity contribution in [3.8, 4) is 0 Å². The zero-order valence-electron chi connectivity index (χ0n) is 9.19. The number of hydrogen-bond donors (Lipinski definition) is 0. The van der Waals surface area contributed by atoms with Crippen molar-refractivity contribution in [1.29, 1.82) is 0 Å². The molecule has 0 aliphatic carbocycles. The van der Waals surface area contributed by atoms with Gasteiger partial charge in [0.25, 0.3) is 0 Å². The van der Waals surface area contributed by atoms with Crippen LogP contribution in [0.25, 0.3) is 0 Å². The molecule has 0 saturated heterocycles. The summed E-state index contributed by atoms with van der Waals surface area (Å²) in [6.07, 6.45) is -0.702. The monoisotopic (exact) mass is 234 g/mol. The van der Waals surface area contributed by atoms with Crippen molar-refractivity contribution < 1.29 is 33.3 Å². The van der Waals surface area contributed by atoms with E-state index in [1.807, 2.05) is 0 Å². The maximum absolute atomic E-state index is 10.8. The molecule has 0 N–H and O–H groups in total. The standard InChI is InChI=1S/C9H14O7/c1-3-7(10)13-5-15-9(12)16-6-14-8(11)4-2/h3-6H2,1-2H3. The molecule has 0 rings (SSSR count). The van der Waals surface area contributed by atoms with Crippen LogP contribution in [-0.2, 0) is 28.5 Å². The van der Waals surface area contributed by atoms with Gasteiger partial charge < -0.3 is 18.9 Å². The summed E-state index contributed by atoms with van der Waals surface area (Å²) in [4.78, 5) is 32.0. The number of rotatable bonds is 6. The molecule has 0 amide bonds. The number of carbonyl (C=O) groups excluding carboxylic acids is 3. The Kier molecular flexibility index (Phi) is 7.56. The summed E-state index contributed by atoms with van der Waals surface area (Å²) >= 11 is 0. The fraction of sp³-hybridized carbons (Fsp3) is 0.667. The molecule has 0 unspecified atom stereocenters. The normalized spacial score (nSPS) is 9.12. The van der Waals surface area contributed by atoms with Gasteiger partial charge in [0.15, 0.2) is 0 Å². The molecule has 0 fully saturated rings. The van der Waals surface area contributed by atoms with Crippen molar-refractivity contribution in [2.24, 2.45) is 0 Å². The van der Waals surface area contributed by atoms with Crippen LogP contribution < -0.4 is 0 Å². The lowest BCUT2D eigenvalue weighted by atomic mass is 10.5. The van der Waals surface area contributed by atoms with Gasteiger partial charge in [0, 0.05) is 12.8 Å². The summed E-state index contributed by atoms with van der Waals surface area (Å²) in [5, 5.41) is 0. The number of esters is 2. The van der Waals surface area contributed by atoms with Crippen molar-refractivity contribution in [2.75, 3.05) is 13.6 Å². The van der Waals surface area contributed by atoms with E-state index in [-0.39, 0.29) is 12.8 Å². The largest absolute Gasteiger partial charge is 0.514 e. The van der Waals surface area contributed by atoms with Crippen molar-refractivity contribution in [3.63, 3.8) is 0 Å². The van der Waals surface area contributed by atoms with Gasteiger partial charge >= 0.3 is 18.1 Å². The summed E-state index contributed by atoms with van der Waals surface area (Å²) in [6, 6.07) is 0. The fourth-order valence-corrected chi connectivity index (χ4v) is 0.532. The van der Waals surface area contributed by atoms with Crippen molar-refractivity contribution >= 4 is 18.1 Å². The van der Waals surface area contributed by atoms with Crippen LogP contribution in [0.15, 0.2) is 0 Å². The number of hydrogen-bond acceptors (Lipinski definition) is 7. The second-order valence-corrected chi connectivity index (χ2v) is 2.51. The molecule has 0 aliphatic rings. The quantitative estimate of drug-likeness (QED) is 0.499. The molecule has 0 aromatic heterocycles. The highest BCUT2D eigenvalue weighted by molar-refractivity contribution is 5.69.